The van der Waals surface area contributed by atoms with Gasteiger partial charge < -0.3 is 9.80 Å². The summed E-state index contributed by atoms with van der Waals surface area (Å²) in [5.41, 5.74) is 3.52. The van der Waals surface area contributed by atoms with Gasteiger partial charge in [0.2, 0.25) is 0 Å². The molecule has 0 aromatic heterocycles. The molecular formula is C15H17N3. The Morgan fingerprint density at radius 3 is 2.78 bits per heavy atom. The predicted molar refractivity (Wildman–Crippen MR) is 70.3 cm³/mol. The quantitative estimate of drug-likeness (QED) is 0.755. The van der Waals surface area contributed by atoms with E-state index in [1.165, 1.54) is 30.5 Å². The van der Waals surface area contributed by atoms with Gasteiger partial charge in [-0.25, -0.2) is 0 Å². The van der Waals surface area contributed by atoms with Gasteiger partial charge in [0.1, 0.15) is 0 Å². The van der Waals surface area contributed by atoms with Crippen LogP contribution in [0.1, 0.15) is 36.4 Å². The van der Waals surface area contributed by atoms with Crippen LogP contribution in [0.15, 0.2) is 36.2 Å². The van der Waals surface area contributed by atoms with Crippen LogP contribution < -0.4 is 0 Å². The summed E-state index contributed by atoms with van der Waals surface area (Å²) in [6.07, 6.45) is 5.91. The van der Waals surface area contributed by atoms with Crippen LogP contribution in [0.5, 0.6) is 0 Å². The average Bonchev–Trinajstić information content (AvgIpc) is 2.79. The Morgan fingerprint density at radius 1 is 1.28 bits per heavy atom. The molecule has 92 valence electrons. The lowest BCUT2D eigenvalue weighted by Crippen LogP contribution is -2.32. The summed E-state index contributed by atoms with van der Waals surface area (Å²) in [7, 11) is 2.13. The fourth-order valence-corrected chi connectivity index (χ4v) is 2.97. The third-order valence-electron chi connectivity index (χ3n) is 3.83. The number of nitrogens with zero attached hydrogens (tertiary/aromatic N) is 3. The van der Waals surface area contributed by atoms with Crippen LogP contribution in [0.2, 0.25) is 0 Å². The van der Waals surface area contributed by atoms with Crippen molar-refractivity contribution in [3.8, 4) is 6.07 Å². The van der Waals surface area contributed by atoms with E-state index in [2.05, 4.69) is 41.2 Å². The zero-order valence-electron chi connectivity index (χ0n) is 10.6. The first kappa shape index (κ1) is 11.2. The van der Waals surface area contributed by atoms with Gasteiger partial charge in [0.15, 0.2) is 0 Å². The molecule has 2 aliphatic rings. The second-order valence-electron chi connectivity index (χ2n) is 5.13. The zero-order valence-corrected chi connectivity index (χ0v) is 10.6. The minimum absolute atomic E-state index is 0.475. The Hall–Kier alpha value is -1.95. The second kappa shape index (κ2) is 4.38. The largest absolute Gasteiger partial charge is 0.361 e. The van der Waals surface area contributed by atoms with Crippen molar-refractivity contribution in [1.82, 2.24) is 9.80 Å². The summed E-state index contributed by atoms with van der Waals surface area (Å²) < 4.78 is 0. The number of hydrogen-bond acceptors (Lipinski definition) is 3. The van der Waals surface area contributed by atoms with E-state index in [-0.39, 0.29) is 0 Å². The summed E-state index contributed by atoms with van der Waals surface area (Å²) in [6.45, 7) is 0.986. The van der Waals surface area contributed by atoms with Crippen LogP contribution >= 0.6 is 0 Å². The van der Waals surface area contributed by atoms with E-state index in [9.17, 15) is 0 Å². The molecule has 1 fully saturated rings. The fraction of sp³-hybridized carbons (Fsp3) is 0.400. The molecule has 0 bridgehead atoms. The Morgan fingerprint density at radius 2 is 2.06 bits per heavy atom. The van der Waals surface area contributed by atoms with E-state index in [0.717, 1.165) is 12.2 Å². The standard InChI is InChI=1S/C15H17N3/c1-17-10-14-3-2-4-15(18(14)11-17)13-7-5-12(9-16)6-8-13/h5-8,10,15H,2-4,11H2,1H3. The number of hydrogen-bond donors (Lipinski definition) is 0. The molecule has 1 saturated heterocycles. The SMILES string of the molecule is CN1C=C2CCCC(c3ccc(C#N)cc3)N2C1. The van der Waals surface area contributed by atoms with Crippen LogP contribution in [-0.2, 0) is 0 Å². The lowest BCUT2D eigenvalue weighted by molar-refractivity contribution is 0.178. The highest BCUT2D eigenvalue weighted by Gasteiger charge is 2.30. The molecule has 0 spiro atoms. The van der Waals surface area contributed by atoms with E-state index in [1.807, 2.05) is 12.1 Å². The lowest BCUT2D eigenvalue weighted by atomic mass is 9.94. The maximum atomic E-state index is 8.85. The van der Waals surface area contributed by atoms with Gasteiger partial charge in [0, 0.05) is 18.9 Å². The van der Waals surface area contributed by atoms with Crippen molar-refractivity contribution >= 4 is 0 Å². The molecule has 3 heteroatoms. The second-order valence-corrected chi connectivity index (χ2v) is 5.13. The Balaban J connectivity index is 1.87. The van der Waals surface area contributed by atoms with Crippen molar-refractivity contribution in [3.63, 3.8) is 0 Å². The molecule has 0 aliphatic carbocycles. The molecule has 2 heterocycles. The number of allylic oxidation sites excluding steroid dienone is 1. The van der Waals surface area contributed by atoms with Crippen LogP contribution in [0, 0.1) is 11.3 Å². The summed E-state index contributed by atoms with van der Waals surface area (Å²) >= 11 is 0. The Labute approximate surface area is 108 Å². The molecule has 2 aliphatic heterocycles. The molecule has 3 rings (SSSR count). The fourth-order valence-electron chi connectivity index (χ4n) is 2.97. The number of piperidine rings is 1. The molecule has 1 aromatic rings. The zero-order chi connectivity index (χ0) is 12.5. The molecule has 1 atom stereocenters. The molecule has 3 nitrogen and oxygen atoms in total. The Bertz CT molecular complexity index is 510. The number of benzene rings is 1. The maximum Gasteiger partial charge on any atom is 0.0991 e. The van der Waals surface area contributed by atoms with Crippen molar-refractivity contribution in [2.75, 3.05) is 13.7 Å². The van der Waals surface area contributed by atoms with Gasteiger partial charge in [0.25, 0.3) is 0 Å². The van der Waals surface area contributed by atoms with Gasteiger partial charge >= 0.3 is 0 Å². The summed E-state index contributed by atoms with van der Waals surface area (Å²) in [5, 5.41) is 8.85. The highest BCUT2D eigenvalue weighted by molar-refractivity contribution is 5.34. The van der Waals surface area contributed by atoms with Crippen molar-refractivity contribution < 1.29 is 0 Å². The smallest absolute Gasteiger partial charge is 0.0991 e. The topological polar surface area (TPSA) is 30.3 Å². The van der Waals surface area contributed by atoms with Crippen molar-refractivity contribution in [1.29, 1.82) is 5.26 Å². The highest BCUT2D eigenvalue weighted by atomic mass is 15.4. The monoisotopic (exact) mass is 239 g/mol. The minimum Gasteiger partial charge on any atom is -0.361 e. The molecule has 0 N–H and O–H groups in total. The van der Waals surface area contributed by atoms with Gasteiger partial charge in [-0.2, -0.15) is 5.26 Å². The summed E-state index contributed by atoms with van der Waals surface area (Å²) in [5.74, 6) is 0. The van der Waals surface area contributed by atoms with Gasteiger partial charge in [-0.05, 0) is 37.0 Å². The van der Waals surface area contributed by atoms with E-state index in [0.29, 0.717) is 6.04 Å². The van der Waals surface area contributed by atoms with Crippen LogP contribution in [0.25, 0.3) is 0 Å². The summed E-state index contributed by atoms with van der Waals surface area (Å²) in [6, 6.07) is 10.7. The molecule has 18 heavy (non-hydrogen) atoms. The number of rotatable bonds is 1. The molecule has 1 aromatic carbocycles. The first-order chi connectivity index (χ1) is 8.78. The number of fused-ring (bicyclic) bond motifs is 1. The molecule has 0 amide bonds. The maximum absolute atomic E-state index is 8.85. The van der Waals surface area contributed by atoms with E-state index < -0.39 is 0 Å². The summed E-state index contributed by atoms with van der Waals surface area (Å²) in [4.78, 5) is 4.74. The minimum atomic E-state index is 0.475. The Kier molecular flexibility index (Phi) is 2.71. The normalized spacial score (nSPS) is 22.4. The van der Waals surface area contributed by atoms with E-state index in [4.69, 9.17) is 5.26 Å². The van der Waals surface area contributed by atoms with Crippen LogP contribution in [-0.4, -0.2) is 23.5 Å². The van der Waals surface area contributed by atoms with E-state index >= 15 is 0 Å². The van der Waals surface area contributed by atoms with Crippen LogP contribution in [0.4, 0.5) is 0 Å². The molecular weight excluding hydrogens is 222 g/mol. The van der Waals surface area contributed by atoms with Crippen molar-refractivity contribution in [3.05, 3.63) is 47.3 Å². The van der Waals surface area contributed by atoms with E-state index in [1.54, 1.807) is 0 Å². The van der Waals surface area contributed by atoms with Crippen LogP contribution in [0.3, 0.4) is 0 Å². The molecule has 1 unspecified atom stereocenters. The van der Waals surface area contributed by atoms with Gasteiger partial charge in [-0.15, -0.1) is 0 Å². The van der Waals surface area contributed by atoms with Crippen molar-refractivity contribution in [2.45, 2.75) is 25.3 Å². The molecule has 0 saturated carbocycles. The van der Waals surface area contributed by atoms with Gasteiger partial charge in [0.05, 0.1) is 24.3 Å². The van der Waals surface area contributed by atoms with Gasteiger partial charge in [-0.1, -0.05) is 12.1 Å². The average molecular weight is 239 g/mol. The molecule has 0 radical (unpaired) electrons. The lowest BCUT2D eigenvalue weighted by Gasteiger charge is -2.36. The van der Waals surface area contributed by atoms with Crippen molar-refractivity contribution in [2.24, 2.45) is 0 Å². The van der Waals surface area contributed by atoms with Gasteiger partial charge in [-0.3, -0.25) is 0 Å². The third kappa shape index (κ3) is 1.84. The first-order valence-corrected chi connectivity index (χ1v) is 6.45. The third-order valence-corrected chi connectivity index (χ3v) is 3.83. The predicted octanol–water partition coefficient (Wildman–Crippen LogP) is 2.83. The highest BCUT2D eigenvalue weighted by Crippen LogP contribution is 2.38. The first-order valence-electron chi connectivity index (χ1n) is 6.45. The number of nitriles is 1.